The second kappa shape index (κ2) is 55.0. The first-order valence-electron chi connectivity index (χ1n) is 48.0. The Labute approximate surface area is 862 Å². The van der Waals surface area contributed by atoms with Gasteiger partial charge < -0.3 is 56.1 Å². The first kappa shape index (κ1) is 127. The van der Waals surface area contributed by atoms with E-state index in [1.54, 1.807) is 21.3 Å². The number of ether oxygens (including phenoxy) is 3. The maximum atomic E-state index is 11.9. The van der Waals surface area contributed by atoms with Crippen LogP contribution in [0, 0.1) is 34.5 Å². The molecular formula is C121H182N6O15S. The molecule has 0 amide bonds. The number of piperidine rings is 9. The van der Waals surface area contributed by atoms with Gasteiger partial charge in [0.2, 0.25) is 0 Å². The quantitative estimate of drug-likeness (QED) is 0.0211. The monoisotopic (exact) mass is 1990 g/mol. The van der Waals surface area contributed by atoms with Crippen LogP contribution < -0.4 is 30.2 Å². The third-order valence-electron chi connectivity index (χ3n) is 30.5. The Kier molecular flexibility index (Phi) is 48.9. The fourth-order valence-electron chi connectivity index (χ4n) is 23.1. The molecule has 21 nitrogen and oxygen atoms in total. The Morgan fingerprint density at radius 3 is 0.818 bits per heavy atom. The lowest BCUT2D eigenvalue weighted by atomic mass is 9.70. The van der Waals surface area contributed by atoms with E-state index in [0.717, 1.165) is 43.3 Å². The number of carbonyl (C=O) groups excluding carboxylic acids is 1. The van der Waals surface area contributed by atoms with Crippen LogP contribution in [0.2, 0.25) is 0 Å². The van der Waals surface area contributed by atoms with Crippen molar-refractivity contribution < 1.29 is 72.3 Å². The lowest BCUT2D eigenvalue weighted by Gasteiger charge is -2.54. The van der Waals surface area contributed by atoms with Gasteiger partial charge in [-0.15, -0.1) is 0 Å². The molecule has 11 aliphatic rings. The van der Waals surface area contributed by atoms with Crippen LogP contribution in [0.4, 0.5) is 0 Å². The molecule has 0 radical (unpaired) electrons. The van der Waals surface area contributed by atoms with E-state index in [4.69, 9.17) is 39.2 Å². The van der Waals surface area contributed by atoms with E-state index in [-0.39, 0.29) is 106 Å². The zero-order valence-corrected chi connectivity index (χ0v) is 81.8. The fraction of sp³-hybridized carbons (Fsp3) is 0.521. The van der Waals surface area contributed by atoms with Crippen LogP contribution in [0.1, 0.15) is 298 Å². The zero-order chi connectivity index (χ0) is 95.4. The van der Waals surface area contributed by atoms with Crippen molar-refractivity contribution in [2.45, 2.75) is 309 Å². The van der Waals surface area contributed by atoms with E-state index < -0.39 is 57.6 Å². The summed E-state index contributed by atoms with van der Waals surface area (Å²) in [5, 5.41) is 46.0. The van der Waals surface area contributed by atoms with Gasteiger partial charge in [-0.1, -0.05) is 361 Å². The minimum Gasteiger partial charge on any atom is -0.496 e. The van der Waals surface area contributed by atoms with E-state index in [2.05, 4.69) is 330 Å². The molecule has 2 aliphatic carbocycles. The zero-order valence-electron chi connectivity index (χ0n) is 81.0. The maximum Gasteiger partial charge on any atom is 0.336 e. The predicted octanol–water partition coefficient (Wildman–Crippen LogP) is 24.1. The number of carbonyl (C=O) groups is 4. The van der Waals surface area contributed by atoms with Gasteiger partial charge in [0.15, 0.2) is 5.60 Å². The van der Waals surface area contributed by atoms with Crippen LogP contribution in [0.5, 0.6) is 17.2 Å². The van der Waals surface area contributed by atoms with Crippen LogP contribution in [-0.4, -0.2) is 185 Å². The summed E-state index contributed by atoms with van der Waals surface area (Å²) in [7, 11) is 1.28. The molecule has 11 fully saturated rings. The summed E-state index contributed by atoms with van der Waals surface area (Å²) in [6.45, 7) is 34.1. The number of benzene rings is 9. The van der Waals surface area contributed by atoms with Crippen molar-refractivity contribution in [2.24, 2.45) is 34.5 Å². The highest BCUT2D eigenvalue weighted by atomic mass is 32.2. The van der Waals surface area contributed by atoms with E-state index in [9.17, 15) is 27.6 Å². The Morgan fingerprint density at radius 2 is 0.636 bits per heavy atom. The number of Topliss-reactive ketones (excluding diaryl/α,β-unsaturated/α-hetero) is 1. The summed E-state index contributed by atoms with van der Waals surface area (Å²) in [6.07, 6.45) is 7.37. The molecule has 143 heavy (non-hydrogen) atoms. The second-order valence-electron chi connectivity index (χ2n) is 41.9. The summed E-state index contributed by atoms with van der Waals surface area (Å²) in [5.74, 6) is 0.973. The highest BCUT2D eigenvalue weighted by Crippen LogP contribution is 2.64. The number of carboxylic acids is 3. The standard InChI is InChI=1S/3C32H40N2O.C10H16O4S.C6H8O7.9CH4.H2O/c3*1-32(2,3)27-15-16-28(35-4)26(21-27)22-33-30-25-17-19-34(20-18-25)31(30)29(23-11-7-5-8-12-23)24-13-9-6-10-14-24;1-9(2)7-3-4-10(9,8(11)5-7)6-15(12,13)14;7-3(8)1-6(13,5(11)12)2-4(9)10;;;;;;;;;;/h3*5-16,21,25,29-31,33H,17-20,22H2,1-4H3;7H,3-6H2,1-2H3,(H,12,13,14);13H,1-2H2,(H,7,8)(H,9,10)(H,11,12);9*1H4;1H2/t3*30-,31-;7?,10-;;;;;;;;;;;/m0000.........../s1. The molecule has 22 heteroatoms. The van der Waals surface area contributed by atoms with Crippen molar-refractivity contribution >= 4 is 33.8 Å². The largest absolute Gasteiger partial charge is 0.496 e. The highest BCUT2D eigenvalue weighted by Gasteiger charge is 2.65. The van der Waals surface area contributed by atoms with Gasteiger partial charge in [-0.25, -0.2) is 4.79 Å². The van der Waals surface area contributed by atoms with Crippen molar-refractivity contribution in [3.05, 3.63) is 303 Å². The van der Waals surface area contributed by atoms with E-state index in [1.165, 1.54) is 145 Å². The van der Waals surface area contributed by atoms with Gasteiger partial charge in [-0.05, 0) is 204 Å². The second-order valence-corrected chi connectivity index (χ2v) is 43.4. The Morgan fingerprint density at radius 1 is 0.399 bits per heavy atom. The SMILES string of the molecule is C.C.C.C.C.C.C.C.C.CC1(C)C2CC[C@]1(CS(=O)(=O)O)C(=O)C2.COc1ccc(C(C)(C)C)cc1CN[C@H]1C2CCN(CC2)[C@H]1C(c1ccccc1)c1ccccc1.COc1ccc(C(C)(C)C)cc1CN[C@H]1C2CCN(CC2)[C@H]1C(c1ccccc1)c1ccccc1.COc1ccc(C(C)(C)C)cc1CN[C@H]1C2CCN(CC2)[C@H]1C(c1ccccc1)c1ccccc1.O.O=C(O)CC(O)(CC(=O)O)C(=O)O. The average Bonchev–Trinajstić information content (AvgIpc) is 1.54. The number of fused-ring (bicyclic) bond motifs is 11. The van der Waals surface area contributed by atoms with Crippen LogP contribution in [-0.2, 0) is 65.2 Å². The lowest BCUT2D eigenvalue weighted by Crippen LogP contribution is -2.64. The number of hydrogen-bond acceptors (Lipinski definition) is 16. The number of aliphatic carboxylic acids is 3. The number of rotatable bonds is 28. The Balaban J connectivity index is 0.000000471. The summed E-state index contributed by atoms with van der Waals surface area (Å²) in [6, 6.07) is 89.5. The lowest BCUT2D eigenvalue weighted by molar-refractivity contribution is -0.170. The molecule has 9 aliphatic heterocycles. The molecule has 0 spiro atoms. The number of hydrogen-bond donors (Lipinski definition) is 8. The van der Waals surface area contributed by atoms with Crippen molar-refractivity contribution in [1.82, 2.24) is 30.7 Å². The van der Waals surface area contributed by atoms with Crippen molar-refractivity contribution in [3.63, 3.8) is 0 Å². The number of ketones is 1. The van der Waals surface area contributed by atoms with Crippen LogP contribution >= 0.6 is 0 Å². The fourth-order valence-corrected chi connectivity index (χ4v) is 24.4. The van der Waals surface area contributed by atoms with Crippen LogP contribution in [0.3, 0.4) is 0 Å². The normalized spacial score (nSPS) is 22.7. The number of nitrogens with zero attached hydrogens (tertiary/aromatic N) is 3. The minimum absolute atomic E-state index is 0. The van der Waals surface area contributed by atoms with Gasteiger partial charge in [-0.2, -0.15) is 8.42 Å². The van der Waals surface area contributed by atoms with E-state index in [0.29, 0.717) is 84.6 Å². The summed E-state index contributed by atoms with van der Waals surface area (Å²) in [4.78, 5) is 50.6. The smallest absolute Gasteiger partial charge is 0.336 e. The van der Waals surface area contributed by atoms with Gasteiger partial charge >= 0.3 is 17.9 Å². The van der Waals surface area contributed by atoms with Crippen LogP contribution in [0.15, 0.2) is 237 Å². The minimum atomic E-state index is -4.08. The highest BCUT2D eigenvalue weighted by molar-refractivity contribution is 7.85. The molecule has 9 aromatic carbocycles. The maximum absolute atomic E-state index is 11.9. The molecule has 0 aromatic heterocycles. The third kappa shape index (κ3) is 30.4. The van der Waals surface area contributed by atoms with Gasteiger partial charge in [0.25, 0.3) is 10.1 Å². The Bertz CT molecular complexity index is 4880. The molecule has 9 saturated heterocycles. The first-order valence-corrected chi connectivity index (χ1v) is 49.6. The molecule has 20 rings (SSSR count). The van der Waals surface area contributed by atoms with E-state index in [1.807, 2.05) is 13.8 Å². The summed E-state index contributed by atoms with van der Waals surface area (Å²) < 4.78 is 48.3. The molecule has 792 valence electrons. The van der Waals surface area contributed by atoms with Gasteiger partial charge in [0, 0.05) is 96.8 Å². The average molecular weight is 1990 g/mol. The number of aliphatic hydroxyl groups is 1. The molecule has 8 atom stereocenters. The topological polar surface area (TPSA) is 309 Å². The number of nitrogens with one attached hydrogen (secondary N) is 3. The molecule has 2 saturated carbocycles. The number of carboxylic acid groups (broad SMARTS) is 3. The molecule has 9 heterocycles. The number of methoxy groups -OCH3 is 3. The van der Waals surface area contributed by atoms with Gasteiger partial charge in [-0.3, -0.25) is 33.6 Å². The van der Waals surface area contributed by atoms with Crippen molar-refractivity contribution in [1.29, 1.82) is 0 Å². The molecule has 10 N–H and O–H groups in total. The predicted molar refractivity (Wildman–Crippen MR) is 592 cm³/mol. The molecule has 1 unspecified atom stereocenters. The third-order valence-corrected chi connectivity index (χ3v) is 31.3. The van der Waals surface area contributed by atoms with Gasteiger partial charge in [0.1, 0.15) is 23.0 Å². The van der Waals surface area contributed by atoms with Gasteiger partial charge in [0.05, 0.1) is 45.3 Å². The molecular weight excluding hydrogens is 1810 g/mol. The molecule has 8 bridgehead atoms. The first-order chi connectivity index (χ1) is 63.3. The summed E-state index contributed by atoms with van der Waals surface area (Å²) in [5.41, 5.74) is 12.8. The van der Waals surface area contributed by atoms with Crippen molar-refractivity contribution in [3.8, 4) is 17.2 Å². The molecule has 9 aromatic rings. The van der Waals surface area contributed by atoms with Crippen molar-refractivity contribution in [2.75, 3.05) is 66.4 Å². The Hall–Kier alpha value is -9.95. The van der Waals surface area contributed by atoms with Crippen LogP contribution in [0.25, 0.3) is 0 Å². The van der Waals surface area contributed by atoms with E-state index >= 15 is 0 Å². The summed E-state index contributed by atoms with van der Waals surface area (Å²) >= 11 is 0.